The van der Waals surface area contributed by atoms with E-state index in [-0.39, 0.29) is 0 Å². The van der Waals surface area contributed by atoms with Crippen molar-refractivity contribution in [3.05, 3.63) is 30.3 Å². The molecule has 0 aliphatic rings. The Morgan fingerprint density at radius 3 is 2.60 bits per heavy atom. The fourth-order valence-corrected chi connectivity index (χ4v) is 1.15. The zero-order valence-electron chi connectivity index (χ0n) is 9.40. The Morgan fingerprint density at radius 2 is 2.00 bits per heavy atom. The molecule has 0 aromatic heterocycles. The van der Waals surface area contributed by atoms with Gasteiger partial charge in [0, 0.05) is 12.2 Å². The Kier molecular flexibility index (Phi) is 4.68. The van der Waals surface area contributed by atoms with E-state index < -0.39 is 0 Å². The SMILES string of the molecule is CC(C)CCN=C(N)Nc1ccccc1. The monoisotopic (exact) mass is 205 g/mol. The number of hydrogen-bond acceptors (Lipinski definition) is 1. The maximum atomic E-state index is 5.73. The van der Waals surface area contributed by atoms with Crippen molar-refractivity contribution in [2.45, 2.75) is 20.3 Å². The van der Waals surface area contributed by atoms with E-state index >= 15 is 0 Å². The highest BCUT2D eigenvalue weighted by Gasteiger charge is 1.94. The van der Waals surface area contributed by atoms with Crippen LogP contribution in [0.2, 0.25) is 0 Å². The third-order valence-corrected chi connectivity index (χ3v) is 2.03. The molecule has 0 spiro atoms. The molecule has 0 atom stereocenters. The van der Waals surface area contributed by atoms with Gasteiger partial charge in [0.15, 0.2) is 5.96 Å². The molecule has 0 saturated heterocycles. The van der Waals surface area contributed by atoms with E-state index in [2.05, 4.69) is 24.2 Å². The van der Waals surface area contributed by atoms with Gasteiger partial charge >= 0.3 is 0 Å². The van der Waals surface area contributed by atoms with Crippen molar-refractivity contribution in [3.8, 4) is 0 Å². The van der Waals surface area contributed by atoms with Gasteiger partial charge in [-0.1, -0.05) is 32.0 Å². The summed E-state index contributed by atoms with van der Waals surface area (Å²) in [5.41, 5.74) is 6.71. The summed E-state index contributed by atoms with van der Waals surface area (Å²) in [5.74, 6) is 1.15. The normalized spacial score (nSPS) is 11.8. The number of anilines is 1. The number of guanidine groups is 1. The average Bonchev–Trinajstić information content (AvgIpc) is 2.18. The second-order valence-electron chi connectivity index (χ2n) is 3.94. The van der Waals surface area contributed by atoms with Crippen molar-refractivity contribution >= 4 is 11.6 Å². The lowest BCUT2D eigenvalue weighted by atomic mass is 10.1. The Morgan fingerprint density at radius 1 is 1.33 bits per heavy atom. The van der Waals surface area contributed by atoms with E-state index in [1.807, 2.05) is 30.3 Å². The quantitative estimate of drug-likeness (QED) is 0.586. The number of nitrogens with zero attached hydrogens (tertiary/aromatic N) is 1. The lowest BCUT2D eigenvalue weighted by Gasteiger charge is -2.05. The summed E-state index contributed by atoms with van der Waals surface area (Å²) in [5, 5.41) is 3.04. The van der Waals surface area contributed by atoms with Crippen LogP contribution in [-0.4, -0.2) is 12.5 Å². The van der Waals surface area contributed by atoms with Crippen LogP contribution in [0.4, 0.5) is 5.69 Å². The second kappa shape index (κ2) is 6.06. The summed E-state index contributed by atoms with van der Waals surface area (Å²) in [4.78, 5) is 4.24. The molecule has 82 valence electrons. The first-order valence-corrected chi connectivity index (χ1v) is 5.30. The Balaban J connectivity index is 2.38. The highest BCUT2D eigenvalue weighted by Crippen LogP contribution is 2.04. The van der Waals surface area contributed by atoms with Crippen LogP contribution in [0.15, 0.2) is 35.3 Å². The van der Waals surface area contributed by atoms with Crippen LogP contribution >= 0.6 is 0 Å². The molecular weight excluding hydrogens is 186 g/mol. The zero-order chi connectivity index (χ0) is 11.1. The molecule has 3 heteroatoms. The average molecular weight is 205 g/mol. The minimum Gasteiger partial charge on any atom is -0.370 e. The number of nitrogens with two attached hydrogens (primary N) is 1. The highest BCUT2D eigenvalue weighted by atomic mass is 15.1. The van der Waals surface area contributed by atoms with Gasteiger partial charge in [-0.15, -0.1) is 0 Å². The van der Waals surface area contributed by atoms with Crippen LogP contribution in [0.25, 0.3) is 0 Å². The minimum absolute atomic E-state index is 0.488. The summed E-state index contributed by atoms with van der Waals surface area (Å²) >= 11 is 0. The molecule has 3 N–H and O–H groups in total. The molecule has 0 saturated carbocycles. The van der Waals surface area contributed by atoms with Gasteiger partial charge in [0.25, 0.3) is 0 Å². The summed E-state index contributed by atoms with van der Waals surface area (Å²) in [6.07, 6.45) is 1.07. The van der Waals surface area contributed by atoms with Crippen molar-refractivity contribution in [3.63, 3.8) is 0 Å². The van der Waals surface area contributed by atoms with Gasteiger partial charge in [-0.2, -0.15) is 0 Å². The van der Waals surface area contributed by atoms with Crippen LogP contribution < -0.4 is 11.1 Å². The van der Waals surface area contributed by atoms with E-state index in [9.17, 15) is 0 Å². The number of aliphatic imine (C=N–C) groups is 1. The zero-order valence-corrected chi connectivity index (χ0v) is 9.40. The number of para-hydroxylation sites is 1. The number of rotatable bonds is 4. The molecule has 0 fully saturated rings. The van der Waals surface area contributed by atoms with Gasteiger partial charge in [-0.05, 0) is 24.5 Å². The molecule has 0 bridgehead atoms. The van der Waals surface area contributed by atoms with Crippen LogP contribution in [0.5, 0.6) is 0 Å². The molecule has 1 aromatic rings. The lowest BCUT2D eigenvalue weighted by molar-refractivity contribution is 0.597. The van der Waals surface area contributed by atoms with Crippen LogP contribution in [0.1, 0.15) is 20.3 Å². The van der Waals surface area contributed by atoms with E-state index in [4.69, 9.17) is 5.73 Å². The maximum absolute atomic E-state index is 5.73. The molecule has 3 nitrogen and oxygen atoms in total. The molecular formula is C12H19N3. The number of nitrogens with one attached hydrogen (secondary N) is 1. The van der Waals surface area contributed by atoms with Gasteiger partial charge < -0.3 is 11.1 Å². The van der Waals surface area contributed by atoms with Gasteiger partial charge in [0.1, 0.15) is 0 Å². The lowest BCUT2D eigenvalue weighted by Crippen LogP contribution is -2.22. The molecule has 0 amide bonds. The molecule has 0 unspecified atom stereocenters. The summed E-state index contributed by atoms with van der Waals surface area (Å²) < 4.78 is 0. The topological polar surface area (TPSA) is 50.4 Å². The first-order chi connectivity index (χ1) is 7.18. The fraction of sp³-hybridized carbons (Fsp3) is 0.417. The molecule has 0 aliphatic heterocycles. The minimum atomic E-state index is 0.488. The first kappa shape index (κ1) is 11.6. The number of benzene rings is 1. The Labute approximate surface area is 91.4 Å². The largest absolute Gasteiger partial charge is 0.370 e. The smallest absolute Gasteiger partial charge is 0.193 e. The van der Waals surface area contributed by atoms with Crippen molar-refractivity contribution in [2.75, 3.05) is 11.9 Å². The predicted octanol–water partition coefficient (Wildman–Crippen LogP) is 2.46. The van der Waals surface area contributed by atoms with E-state index in [1.165, 1.54) is 0 Å². The molecule has 0 radical (unpaired) electrons. The van der Waals surface area contributed by atoms with E-state index in [1.54, 1.807) is 0 Å². The van der Waals surface area contributed by atoms with Crippen LogP contribution in [0, 0.1) is 5.92 Å². The van der Waals surface area contributed by atoms with Crippen LogP contribution in [0.3, 0.4) is 0 Å². The van der Waals surface area contributed by atoms with Crippen molar-refractivity contribution in [2.24, 2.45) is 16.6 Å². The highest BCUT2D eigenvalue weighted by molar-refractivity contribution is 5.92. The number of hydrogen-bond donors (Lipinski definition) is 2. The molecule has 0 heterocycles. The molecule has 15 heavy (non-hydrogen) atoms. The summed E-state index contributed by atoms with van der Waals surface area (Å²) in [6.45, 7) is 5.13. The van der Waals surface area contributed by atoms with Gasteiger partial charge in [-0.3, -0.25) is 4.99 Å². The Bertz CT molecular complexity index is 304. The second-order valence-corrected chi connectivity index (χ2v) is 3.94. The van der Waals surface area contributed by atoms with Gasteiger partial charge in [-0.25, -0.2) is 0 Å². The standard InChI is InChI=1S/C12H19N3/c1-10(2)8-9-14-12(13)15-11-6-4-3-5-7-11/h3-7,10H,8-9H2,1-2H3,(H3,13,14,15). The van der Waals surface area contributed by atoms with Crippen LogP contribution in [-0.2, 0) is 0 Å². The Hall–Kier alpha value is -1.51. The maximum Gasteiger partial charge on any atom is 0.193 e. The molecule has 1 rings (SSSR count). The van der Waals surface area contributed by atoms with Crippen molar-refractivity contribution < 1.29 is 0 Å². The summed E-state index contributed by atoms with van der Waals surface area (Å²) in [6, 6.07) is 9.82. The fourth-order valence-electron chi connectivity index (χ4n) is 1.15. The molecule has 0 aliphatic carbocycles. The first-order valence-electron chi connectivity index (χ1n) is 5.30. The third-order valence-electron chi connectivity index (χ3n) is 2.03. The van der Waals surface area contributed by atoms with E-state index in [0.29, 0.717) is 11.9 Å². The third kappa shape index (κ3) is 5.05. The van der Waals surface area contributed by atoms with E-state index in [0.717, 1.165) is 18.7 Å². The van der Waals surface area contributed by atoms with Crippen molar-refractivity contribution in [1.29, 1.82) is 0 Å². The van der Waals surface area contributed by atoms with Gasteiger partial charge in [0.2, 0.25) is 0 Å². The van der Waals surface area contributed by atoms with Gasteiger partial charge in [0.05, 0.1) is 0 Å². The predicted molar refractivity (Wildman–Crippen MR) is 66.0 cm³/mol. The summed E-state index contributed by atoms with van der Waals surface area (Å²) in [7, 11) is 0. The molecule has 1 aromatic carbocycles. The van der Waals surface area contributed by atoms with Crippen molar-refractivity contribution in [1.82, 2.24) is 0 Å².